The Morgan fingerprint density at radius 3 is 2.81 bits per heavy atom. The highest BCUT2D eigenvalue weighted by Gasteiger charge is 2.29. The van der Waals surface area contributed by atoms with Crippen molar-refractivity contribution in [1.29, 1.82) is 0 Å². The molecule has 0 saturated carbocycles. The lowest BCUT2D eigenvalue weighted by atomic mass is 10.0. The maximum absolute atomic E-state index is 12.2. The second-order valence-corrected chi connectivity index (χ2v) is 7.89. The first-order valence-corrected chi connectivity index (χ1v) is 10.3. The molecule has 1 N–H and O–H groups in total. The van der Waals surface area contributed by atoms with Gasteiger partial charge >= 0.3 is 0 Å². The van der Waals surface area contributed by atoms with E-state index in [1.807, 2.05) is 0 Å². The average Bonchev–Trinajstić information content (AvgIpc) is 3.22. The molecule has 0 spiro atoms. The van der Waals surface area contributed by atoms with Crippen LogP contribution in [0.1, 0.15) is 31.2 Å². The summed E-state index contributed by atoms with van der Waals surface area (Å²) in [5.41, 5.74) is 1.30. The predicted molar refractivity (Wildman–Crippen MR) is 104 cm³/mol. The van der Waals surface area contributed by atoms with Crippen molar-refractivity contribution >= 4 is 5.91 Å². The number of hydrogen-bond acceptors (Lipinski definition) is 5. The summed E-state index contributed by atoms with van der Waals surface area (Å²) in [6.07, 6.45) is 4.78. The monoisotopic (exact) mass is 373 g/mol. The highest BCUT2D eigenvalue weighted by Crippen LogP contribution is 2.21. The van der Waals surface area contributed by atoms with Gasteiger partial charge in [-0.3, -0.25) is 9.69 Å². The highest BCUT2D eigenvalue weighted by atomic mass is 16.5. The zero-order valence-electron chi connectivity index (χ0n) is 16.1. The maximum atomic E-state index is 12.2. The van der Waals surface area contributed by atoms with Crippen molar-refractivity contribution in [3.63, 3.8) is 0 Å². The molecule has 0 aliphatic carbocycles. The van der Waals surface area contributed by atoms with Crippen LogP contribution in [0.4, 0.5) is 0 Å². The summed E-state index contributed by atoms with van der Waals surface area (Å²) in [4.78, 5) is 16.7. The zero-order valence-corrected chi connectivity index (χ0v) is 16.1. The van der Waals surface area contributed by atoms with Crippen LogP contribution in [0.15, 0.2) is 24.3 Å². The van der Waals surface area contributed by atoms with Gasteiger partial charge in [-0.05, 0) is 49.9 Å². The van der Waals surface area contributed by atoms with Crippen LogP contribution in [-0.2, 0) is 16.1 Å². The van der Waals surface area contributed by atoms with Gasteiger partial charge < -0.3 is 19.7 Å². The molecular formula is C21H31N3O3. The average molecular weight is 373 g/mol. The second kappa shape index (κ2) is 9.04. The second-order valence-electron chi connectivity index (χ2n) is 7.89. The molecule has 6 nitrogen and oxygen atoms in total. The maximum Gasteiger partial charge on any atom is 0.236 e. The molecule has 3 saturated heterocycles. The number of carbonyl (C=O) groups is 1. The van der Waals surface area contributed by atoms with Gasteiger partial charge in [0.25, 0.3) is 0 Å². The number of likely N-dealkylation sites (tertiary alicyclic amines) is 1. The summed E-state index contributed by atoms with van der Waals surface area (Å²) in [5, 5.41) is 3.16. The Hall–Kier alpha value is -1.63. The van der Waals surface area contributed by atoms with Gasteiger partial charge in [0.05, 0.1) is 12.6 Å². The molecule has 1 aromatic carbocycles. The van der Waals surface area contributed by atoms with E-state index in [0.29, 0.717) is 19.2 Å². The first kappa shape index (κ1) is 18.7. The number of rotatable bonds is 6. The molecule has 3 aliphatic heterocycles. The van der Waals surface area contributed by atoms with E-state index in [2.05, 4.69) is 39.4 Å². The van der Waals surface area contributed by atoms with Crippen LogP contribution >= 0.6 is 0 Å². The topological polar surface area (TPSA) is 54.0 Å². The van der Waals surface area contributed by atoms with Crippen LogP contribution in [0, 0.1) is 0 Å². The van der Waals surface area contributed by atoms with Crippen LogP contribution in [0.5, 0.6) is 5.75 Å². The molecule has 3 heterocycles. The third-order valence-corrected chi connectivity index (χ3v) is 5.84. The SMILES string of the molecule is O=C1CNCCN1C1CCCN(Cc2ccc(OCC3CCCO3)cc2)C1. The van der Waals surface area contributed by atoms with E-state index in [-0.39, 0.29) is 12.0 Å². The molecule has 1 aromatic rings. The van der Waals surface area contributed by atoms with Crippen LogP contribution < -0.4 is 10.1 Å². The summed E-state index contributed by atoms with van der Waals surface area (Å²) in [6, 6.07) is 8.80. The number of piperidine rings is 1. The zero-order chi connectivity index (χ0) is 18.5. The molecule has 2 atom stereocenters. The Labute approximate surface area is 161 Å². The van der Waals surface area contributed by atoms with Crippen molar-refractivity contribution < 1.29 is 14.3 Å². The number of piperazine rings is 1. The molecule has 27 heavy (non-hydrogen) atoms. The number of nitrogens with zero attached hydrogens (tertiary/aromatic N) is 2. The Morgan fingerprint density at radius 2 is 2.04 bits per heavy atom. The first-order chi connectivity index (χ1) is 13.3. The predicted octanol–water partition coefficient (Wildman–Crippen LogP) is 1.64. The summed E-state index contributed by atoms with van der Waals surface area (Å²) in [7, 11) is 0. The van der Waals surface area contributed by atoms with Gasteiger partial charge in [-0.2, -0.15) is 0 Å². The molecule has 148 valence electrons. The molecule has 0 aromatic heterocycles. The lowest BCUT2D eigenvalue weighted by Gasteiger charge is -2.41. The molecule has 2 unspecified atom stereocenters. The van der Waals surface area contributed by atoms with E-state index in [1.165, 1.54) is 5.56 Å². The van der Waals surface area contributed by atoms with Crippen LogP contribution in [0.25, 0.3) is 0 Å². The van der Waals surface area contributed by atoms with E-state index < -0.39 is 0 Å². The van der Waals surface area contributed by atoms with Gasteiger partial charge in [0.1, 0.15) is 12.4 Å². The third-order valence-electron chi connectivity index (χ3n) is 5.84. The molecular weight excluding hydrogens is 342 g/mol. The number of benzene rings is 1. The fourth-order valence-corrected chi connectivity index (χ4v) is 4.35. The van der Waals surface area contributed by atoms with Crippen molar-refractivity contribution in [2.75, 3.05) is 45.9 Å². The Kier molecular flexibility index (Phi) is 6.27. The summed E-state index contributed by atoms with van der Waals surface area (Å²) >= 11 is 0. The minimum Gasteiger partial charge on any atom is -0.491 e. The van der Waals surface area contributed by atoms with Crippen molar-refractivity contribution in [3.8, 4) is 5.75 Å². The van der Waals surface area contributed by atoms with Crippen molar-refractivity contribution in [2.45, 2.75) is 44.4 Å². The molecule has 0 radical (unpaired) electrons. The molecule has 0 bridgehead atoms. The number of nitrogens with one attached hydrogen (secondary N) is 1. The quantitative estimate of drug-likeness (QED) is 0.822. The fraction of sp³-hybridized carbons (Fsp3) is 0.667. The number of ether oxygens (including phenoxy) is 2. The fourth-order valence-electron chi connectivity index (χ4n) is 4.35. The largest absolute Gasteiger partial charge is 0.491 e. The van der Waals surface area contributed by atoms with Gasteiger partial charge in [0.15, 0.2) is 0 Å². The normalized spacial score (nSPS) is 27.1. The Bertz CT molecular complexity index is 616. The lowest BCUT2D eigenvalue weighted by Crippen LogP contribution is -2.56. The smallest absolute Gasteiger partial charge is 0.236 e. The van der Waals surface area contributed by atoms with E-state index in [4.69, 9.17) is 9.47 Å². The van der Waals surface area contributed by atoms with Gasteiger partial charge in [0, 0.05) is 38.8 Å². The third kappa shape index (κ3) is 5.00. The van der Waals surface area contributed by atoms with Crippen molar-refractivity contribution in [2.24, 2.45) is 0 Å². The Balaban J connectivity index is 1.27. The van der Waals surface area contributed by atoms with Crippen LogP contribution in [-0.4, -0.2) is 73.8 Å². The molecule has 4 rings (SSSR count). The Morgan fingerprint density at radius 1 is 1.15 bits per heavy atom. The molecule has 1 amide bonds. The van der Waals surface area contributed by atoms with Gasteiger partial charge in [0.2, 0.25) is 5.91 Å². The number of hydrogen-bond donors (Lipinski definition) is 1. The lowest BCUT2D eigenvalue weighted by molar-refractivity contribution is -0.135. The van der Waals surface area contributed by atoms with Crippen LogP contribution in [0.3, 0.4) is 0 Å². The van der Waals surface area contributed by atoms with Crippen LogP contribution in [0.2, 0.25) is 0 Å². The number of amides is 1. The van der Waals surface area contributed by atoms with Gasteiger partial charge in [-0.15, -0.1) is 0 Å². The summed E-state index contributed by atoms with van der Waals surface area (Å²) in [6.45, 7) is 6.77. The standard InChI is InChI=1S/C21H31N3O3/c25-21-13-22-9-11-24(21)18-3-1-10-23(15-18)14-17-5-7-19(8-6-17)27-16-20-4-2-12-26-20/h5-8,18,20,22H,1-4,9-16H2. The molecule has 6 heteroatoms. The van der Waals surface area contributed by atoms with Crippen molar-refractivity contribution in [3.05, 3.63) is 29.8 Å². The number of carbonyl (C=O) groups excluding carboxylic acids is 1. The van der Waals surface area contributed by atoms with E-state index in [1.54, 1.807) is 0 Å². The first-order valence-electron chi connectivity index (χ1n) is 10.3. The minimum absolute atomic E-state index is 0.251. The van der Waals surface area contributed by atoms with E-state index in [0.717, 1.165) is 70.8 Å². The van der Waals surface area contributed by atoms with Crippen molar-refractivity contribution in [1.82, 2.24) is 15.1 Å². The summed E-state index contributed by atoms with van der Waals surface area (Å²) in [5.74, 6) is 1.16. The van der Waals surface area contributed by atoms with Gasteiger partial charge in [-0.1, -0.05) is 12.1 Å². The molecule has 3 aliphatic rings. The van der Waals surface area contributed by atoms with E-state index in [9.17, 15) is 4.79 Å². The highest BCUT2D eigenvalue weighted by molar-refractivity contribution is 5.79. The van der Waals surface area contributed by atoms with E-state index >= 15 is 0 Å². The minimum atomic E-state index is 0.251. The summed E-state index contributed by atoms with van der Waals surface area (Å²) < 4.78 is 11.5. The van der Waals surface area contributed by atoms with Gasteiger partial charge in [-0.25, -0.2) is 0 Å². The molecule has 3 fully saturated rings.